The van der Waals surface area contributed by atoms with Crippen molar-refractivity contribution in [1.82, 2.24) is 9.72 Å². The maximum absolute atomic E-state index is 13.2. The number of carbonyl (C=O) groups excluding carboxylic acids is 1. The maximum Gasteiger partial charge on any atom is 0.246 e. The van der Waals surface area contributed by atoms with Crippen LogP contribution in [0.15, 0.2) is 64.0 Å². The number of ether oxygens (including phenoxy) is 1. The van der Waals surface area contributed by atoms with Crippen LogP contribution in [-0.4, -0.2) is 22.7 Å². The second kappa shape index (κ2) is 7.87. The van der Waals surface area contributed by atoms with Gasteiger partial charge in [0.15, 0.2) is 5.43 Å². The number of aromatic nitrogens is 2. The summed E-state index contributed by atoms with van der Waals surface area (Å²) in [6.07, 6.45) is 1.72. The Hall–Kier alpha value is -3.87. The molecule has 0 aliphatic heterocycles. The zero-order valence-corrected chi connectivity index (χ0v) is 16.9. The first-order chi connectivity index (χ1) is 14.4. The lowest BCUT2D eigenvalue weighted by molar-refractivity contribution is -0.116. The van der Waals surface area contributed by atoms with Gasteiger partial charge in [-0.05, 0) is 49.2 Å². The number of nitrogens with one attached hydrogen (secondary N) is 1. The van der Waals surface area contributed by atoms with E-state index in [1.54, 1.807) is 49.1 Å². The van der Waals surface area contributed by atoms with Crippen LogP contribution in [0.2, 0.25) is 0 Å². The summed E-state index contributed by atoms with van der Waals surface area (Å²) < 4.78 is 12.0. The number of carbonyl (C=O) groups is 1. The highest BCUT2D eigenvalue weighted by molar-refractivity contribution is 5.91. The zero-order chi connectivity index (χ0) is 21.3. The van der Waals surface area contributed by atoms with Gasteiger partial charge in [-0.2, -0.15) is 0 Å². The molecule has 0 aliphatic carbocycles. The number of methoxy groups -OCH3 is 1. The number of fused-ring (bicyclic) bond motifs is 1. The van der Waals surface area contributed by atoms with Gasteiger partial charge in [-0.3, -0.25) is 14.9 Å². The van der Waals surface area contributed by atoms with Crippen molar-refractivity contribution >= 4 is 22.7 Å². The van der Waals surface area contributed by atoms with E-state index in [4.69, 9.17) is 9.26 Å². The number of nitrogens with zero attached hydrogens (tertiary/aromatic N) is 2. The third kappa shape index (κ3) is 3.82. The van der Waals surface area contributed by atoms with Crippen molar-refractivity contribution in [1.29, 1.82) is 0 Å². The fraction of sp³-hybridized carbons (Fsp3) is 0.174. The molecule has 0 saturated carbocycles. The van der Waals surface area contributed by atoms with E-state index in [1.165, 1.54) is 0 Å². The molecule has 0 atom stereocenters. The SMILES string of the molecule is COc1ccc(-c2cn(CC(=O)Nc3cc(C)no3)c3cc(C)ccc3c2=O)cc1. The van der Waals surface area contributed by atoms with Gasteiger partial charge in [-0.1, -0.05) is 23.4 Å². The predicted molar refractivity (Wildman–Crippen MR) is 115 cm³/mol. The Balaban J connectivity index is 1.78. The fourth-order valence-corrected chi connectivity index (χ4v) is 3.36. The van der Waals surface area contributed by atoms with Crippen LogP contribution in [-0.2, 0) is 11.3 Å². The normalized spacial score (nSPS) is 10.9. The van der Waals surface area contributed by atoms with Gasteiger partial charge >= 0.3 is 0 Å². The van der Waals surface area contributed by atoms with Gasteiger partial charge in [0.05, 0.1) is 18.3 Å². The Morgan fingerprint density at radius 3 is 2.57 bits per heavy atom. The number of aryl methyl sites for hydroxylation is 2. The molecular weight excluding hydrogens is 382 g/mol. The third-order valence-electron chi connectivity index (χ3n) is 4.84. The number of hydrogen-bond acceptors (Lipinski definition) is 5. The molecule has 0 radical (unpaired) electrons. The number of rotatable bonds is 5. The van der Waals surface area contributed by atoms with Crippen LogP contribution in [0.5, 0.6) is 5.75 Å². The summed E-state index contributed by atoms with van der Waals surface area (Å²) in [7, 11) is 1.59. The number of amides is 1. The minimum Gasteiger partial charge on any atom is -0.497 e. The lowest BCUT2D eigenvalue weighted by atomic mass is 10.0. The molecule has 30 heavy (non-hydrogen) atoms. The van der Waals surface area contributed by atoms with Gasteiger partial charge in [-0.25, -0.2) is 0 Å². The van der Waals surface area contributed by atoms with E-state index in [1.807, 2.05) is 31.2 Å². The van der Waals surface area contributed by atoms with E-state index in [0.29, 0.717) is 27.9 Å². The highest BCUT2D eigenvalue weighted by Gasteiger charge is 2.14. The van der Waals surface area contributed by atoms with Gasteiger partial charge in [-0.15, -0.1) is 0 Å². The van der Waals surface area contributed by atoms with E-state index in [9.17, 15) is 9.59 Å². The highest BCUT2D eigenvalue weighted by Crippen LogP contribution is 2.23. The van der Waals surface area contributed by atoms with Gasteiger partial charge in [0.1, 0.15) is 12.3 Å². The topological polar surface area (TPSA) is 86.4 Å². The highest BCUT2D eigenvalue weighted by atomic mass is 16.5. The average Bonchev–Trinajstić information content (AvgIpc) is 3.14. The van der Waals surface area contributed by atoms with Crippen LogP contribution < -0.4 is 15.5 Å². The lowest BCUT2D eigenvalue weighted by Gasteiger charge is -2.14. The Morgan fingerprint density at radius 2 is 1.90 bits per heavy atom. The number of anilines is 1. The van der Waals surface area contributed by atoms with Crippen LogP contribution in [0.4, 0.5) is 5.88 Å². The summed E-state index contributed by atoms with van der Waals surface area (Å²) in [5.41, 5.74) is 3.55. The molecule has 0 aliphatic rings. The number of hydrogen-bond donors (Lipinski definition) is 1. The molecule has 7 heteroatoms. The maximum atomic E-state index is 13.2. The number of pyridine rings is 1. The molecule has 2 aromatic heterocycles. The molecule has 2 aromatic carbocycles. The fourth-order valence-electron chi connectivity index (χ4n) is 3.36. The number of benzene rings is 2. The molecule has 0 bridgehead atoms. The van der Waals surface area contributed by atoms with E-state index < -0.39 is 0 Å². The molecule has 0 unspecified atom stereocenters. The monoisotopic (exact) mass is 403 g/mol. The Morgan fingerprint density at radius 1 is 1.13 bits per heavy atom. The van der Waals surface area contributed by atoms with Crippen LogP contribution in [0.1, 0.15) is 11.3 Å². The summed E-state index contributed by atoms with van der Waals surface area (Å²) in [6, 6.07) is 14.5. The van der Waals surface area contributed by atoms with Gasteiger partial charge in [0.25, 0.3) is 0 Å². The molecule has 4 aromatic rings. The predicted octanol–water partition coefficient (Wildman–Crippen LogP) is 3.92. The molecule has 1 amide bonds. The smallest absolute Gasteiger partial charge is 0.246 e. The third-order valence-corrected chi connectivity index (χ3v) is 4.84. The van der Waals surface area contributed by atoms with Gasteiger partial charge in [0, 0.05) is 23.2 Å². The minimum atomic E-state index is -0.279. The first kappa shape index (κ1) is 19.4. The van der Waals surface area contributed by atoms with Crippen molar-refractivity contribution in [2.24, 2.45) is 0 Å². The van der Waals surface area contributed by atoms with E-state index in [0.717, 1.165) is 11.1 Å². The second-order valence-corrected chi connectivity index (χ2v) is 7.13. The van der Waals surface area contributed by atoms with E-state index >= 15 is 0 Å². The quantitative estimate of drug-likeness (QED) is 0.546. The molecule has 0 fully saturated rings. The molecule has 1 N–H and O–H groups in total. The van der Waals surface area contributed by atoms with Crippen LogP contribution >= 0.6 is 0 Å². The molecule has 0 spiro atoms. The summed E-state index contributed by atoms with van der Waals surface area (Å²) in [5, 5.41) is 7.02. The Kier molecular flexibility index (Phi) is 5.10. The van der Waals surface area contributed by atoms with Crippen molar-refractivity contribution in [3.63, 3.8) is 0 Å². The van der Waals surface area contributed by atoms with Crippen molar-refractivity contribution in [2.75, 3.05) is 12.4 Å². The first-order valence-electron chi connectivity index (χ1n) is 9.46. The van der Waals surface area contributed by atoms with Crippen molar-refractivity contribution in [2.45, 2.75) is 20.4 Å². The Bertz CT molecular complexity index is 1290. The van der Waals surface area contributed by atoms with E-state index in [-0.39, 0.29) is 23.8 Å². The molecule has 2 heterocycles. The molecule has 7 nitrogen and oxygen atoms in total. The zero-order valence-electron chi connectivity index (χ0n) is 16.9. The summed E-state index contributed by atoms with van der Waals surface area (Å²) in [5.74, 6) is 0.713. The summed E-state index contributed by atoms with van der Waals surface area (Å²) >= 11 is 0. The largest absolute Gasteiger partial charge is 0.497 e. The van der Waals surface area contributed by atoms with Gasteiger partial charge < -0.3 is 13.8 Å². The Labute approximate surface area is 172 Å². The molecule has 0 saturated heterocycles. The molecular formula is C23H21N3O4. The summed E-state index contributed by atoms with van der Waals surface area (Å²) in [6.45, 7) is 3.74. The average molecular weight is 403 g/mol. The second-order valence-electron chi connectivity index (χ2n) is 7.13. The minimum absolute atomic E-state index is 0.0170. The van der Waals surface area contributed by atoms with Crippen molar-refractivity contribution in [3.05, 3.63) is 76.2 Å². The van der Waals surface area contributed by atoms with E-state index in [2.05, 4.69) is 10.5 Å². The van der Waals surface area contributed by atoms with Crippen LogP contribution in [0.25, 0.3) is 22.0 Å². The first-order valence-corrected chi connectivity index (χ1v) is 9.46. The lowest BCUT2D eigenvalue weighted by Crippen LogP contribution is -2.21. The van der Waals surface area contributed by atoms with Crippen molar-refractivity contribution < 1.29 is 14.1 Å². The standard InChI is InChI=1S/C23H21N3O4/c1-14-4-9-18-20(10-14)26(13-21(27)24-22-11-15(2)25-30-22)12-19(23(18)28)16-5-7-17(29-3)8-6-16/h4-12H,13H2,1-3H3,(H,24,27). The summed E-state index contributed by atoms with van der Waals surface area (Å²) in [4.78, 5) is 25.8. The van der Waals surface area contributed by atoms with Gasteiger partial charge in [0.2, 0.25) is 11.8 Å². The van der Waals surface area contributed by atoms with Crippen molar-refractivity contribution in [3.8, 4) is 16.9 Å². The molecule has 4 rings (SSSR count). The van der Waals surface area contributed by atoms with Crippen LogP contribution in [0.3, 0.4) is 0 Å². The van der Waals surface area contributed by atoms with Crippen LogP contribution in [0, 0.1) is 13.8 Å². The molecule has 152 valence electrons.